The number of hydrazone groups is 2. The van der Waals surface area contributed by atoms with Gasteiger partial charge in [-0.05, 0) is 24.3 Å². The van der Waals surface area contributed by atoms with Gasteiger partial charge >= 0.3 is 6.03 Å². The van der Waals surface area contributed by atoms with Crippen molar-refractivity contribution in [3.8, 4) is 23.8 Å². The van der Waals surface area contributed by atoms with E-state index in [-0.39, 0.29) is 6.61 Å². The summed E-state index contributed by atoms with van der Waals surface area (Å²) in [6, 6.07) is 14.9. The maximum Gasteiger partial charge on any atom is 0.355 e. The van der Waals surface area contributed by atoms with E-state index in [0.29, 0.717) is 22.6 Å². The zero-order chi connectivity index (χ0) is 19.3. The van der Waals surface area contributed by atoms with E-state index in [9.17, 15) is 4.79 Å². The zero-order valence-corrected chi connectivity index (χ0v) is 14.0. The summed E-state index contributed by atoms with van der Waals surface area (Å²) in [6.07, 6.45) is 4.29. The Morgan fingerprint density at radius 2 is 1.52 bits per heavy atom. The SMILES string of the molecule is N#CCOc1ccccc1C=NNC(=O)N/N=C\c1ccccc1OC#N. The summed E-state index contributed by atoms with van der Waals surface area (Å²) in [6.45, 7) is -0.0928. The van der Waals surface area contributed by atoms with Crippen LogP contribution in [0.1, 0.15) is 11.1 Å². The van der Waals surface area contributed by atoms with Crippen molar-refractivity contribution >= 4 is 18.5 Å². The Morgan fingerprint density at radius 3 is 2.11 bits per heavy atom. The molecule has 0 fully saturated rings. The molecule has 134 valence electrons. The first-order valence-corrected chi connectivity index (χ1v) is 7.60. The van der Waals surface area contributed by atoms with E-state index in [1.165, 1.54) is 12.4 Å². The normalized spacial score (nSPS) is 10.1. The lowest BCUT2D eigenvalue weighted by molar-refractivity contribution is 0.242. The number of ether oxygens (including phenoxy) is 2. The third-order valence-electron chi connectivity index (χ3n) is 3.03. The number of amides is 2. The summed E-state index contributed by atoms with van der Waals surface area (Å²) in [5.41, 5.74) is 5.59. The highest BCUT2D eigenvalue weighted by Crippen LogP contribution is 2.16. The van der Waals surface area contributed by atoms with Crippen molar-refractivity contribution in [2.75, 3.05) is 6.61 Å². The van der Waals surface area contributed by atoms with Gasteiger partial charge in [0.05, 0.1) is 12.4 Å². The molecule has 2 amide bonds. The molecule has 0 aliphatic rings. The number of carbonyl (C=O) groups excluding carboxylic acids is 1. The van der Waals surface area contributed by atoms with Gasteiger partial charge in [0.2, 0.25) is 0 Å². The first-order valence-electron chi connectivity index (χ1n) is 7.60. The first kappa shape index (κ1) is 19.0. The van der Waals surface area contributed by atoms with E-state index < -0.39 is 6.03 Å². The molecule has 0 bridgehead atoms. The molecule has 2 aromatic carbocycles. The Bertz CT molecular complexity index is 927. The standard InChI is InChI=1S/C18H14N6O3/c19-9-10-26-16-7-3-1-5-14(16)11-21-23-18(25)24-22-12-15-6-2-4-8-17(15)27-13-20/h1-8,11-12H,10H2,(H2,23,24,25)/b21-11?,22-12-. The molecule has 27 heavy (non-hydrogen) atoms. The number of nitrogens with zero attached hydrogens (tertiary/aromatic N) is 4. The molecule has 0 aliphatic carbocycles. The van der Waals surface area contributed by atoms with Crippen LogP contribution in [0.15, 0.2) is 58.7 Å². The smallest absolute Gasteiger partial charge is 0.355 e. The first-order chi connectivity index (χ1) is 13.2. The molecule has 0 atom stereocenters. The quantitative estimate of drug-likeness (QED) is 0.442. The largest absolute Gasteiger partial charge is 0.478 e. The molecular formula is C18H14N6O3. The highest BCUT2D eigenvalue weighted by atomic mass is 16.5. The highest BCUT2D eigenvalue weighted by Gasteiger charge is 2.02. The molecule has 9 nitrogen and oxygen atoms in total. The Hall–Kier alpha value is -4.37. The summed E-state index contributed by atoms with van der Waals surface area (Å²) in [7, 11) is 0. The van der Waals surface area contributed by atoms with Crippen LogP contribution in [-0.4, -0.2) is 25.1 Å². The van der Waals surface area contributed by atoms with Gasteiger partial charge in [-0.3, -0.25) is 0 Å². The summed E-state index contributed by atoms with van der Waals surface area (Å²) in [5.74, 6) is 0.787. The van der Waals surface area contributed by atoms with E-state index in [0.717, 1.165) is 0 Å². The number of urea groups is 1. The van der Waals surface area contributed by atoms with Crippen molar-refractivity contribution in [2.45, 2.75) is 0 Å². The third kappa shape index (κ3) is 6.21. The molecule has 0 unspecified atom stereocenters. The molecule has 0 aromatic heterocycles. The van der Waals surface area contributed by atoms with Crippen LogP contribution in [0.2, 0.25) is 0 Å². The second-order valence-corrected chi connectivity index (χ2v) is 4.78. The number of benzene rings is 2. The van der Waals surface area contributed by atoms with E-state index in [1.54, 1.807) is 54.8 Å². The van der Waals surface area contributed by atoms with Crippen LogP contribution >= 0.6 is 0 Å². The van der Waals surface area contributed by atoms with Crippen LogP contribution < -0.4 is 20.3 Å². The minimum atomic E-state index is -0.670. The van der Waals surface area contributed by atoms with Gasteiger partial charge in [0.1, 0.15) is 11.8 Å². The van der Waals surface area contributed by atoms with Gasteiger partial charge in [0.15, 0.2) is 12.4 Å². The van der Waals surface area contributed by atoms with Gasteiger partial charge < -0.3 is 9.47 Å². The lowest BCUT2D eigenvalue weighted by atomic mass is 10.2. The lowest BCUT2D eigenvalue weighted by Crippen LogP contribution is -2.28. The van der Waals surface area contributed by atoms with Gasteiger partial charge in [-0.2, -0.15) is 15.5 Å². The lowest BCUT2D eigenvalue weighted by Gasteiger charge is -2.04. The fraction of sp³-hybridized carbons (Fsp3) is 0.0556. The highest BCUT2D eigenvalue weighted by molar-refractivity contribution is 5.86. The van der Waals surface area contributed by atoms with E-state index in [4.69, 9.17) is 20.0 Å². The molecule has 0 aliphatic heterocycles. The zero-order valence-electron chi connectivity index (χ0n) is 14.0. The Labute approximate surface area is 155 Å². The predicted molar refractivity (Wildman–Crippen MR) is 97.1 cm³/mol. The van der Waals surface area contributed by atoms with Gasteiger partial charge in [0, 0.05) is 11.1 Å². The Kier molecular flexibility index (Phi) is 7.36. The van der Waals surface area contributed by atoms with Gasteiger partial charge in [-0.25, -0.2) is 15.6 Å². The number of para-hydroxylation sites is 2. The fourth-order valence-corrected chi connectivity index (χ4v) is 1.90. The number of carbonyl (C=O) groups is 1. The van der Waals surface area contributed by atoms with Crippen LogP contribution in [0, 0.1) is 22.8 Å². The molecule has 0 spiro atoms. The molecule has 2 rings (SSSR count). The molecule has 0 saturated carbocycles. The van der Waals surface area contributed by atoms with E-state index >= 15 is 0 Å². The number of nitrogens with one attached hydrogen (secondary N) is 2. The van der Waals surface area contributed by atoms with Crippen molar-refractivity contribution in [1.82, 2.24) is 10.9 Å². The Morgan fingerprint density at radius 1 is 0.963 bits per heavy atom. The van der Waals surface area contributed by atoms with Crippen molar-refractivity contribution in [2.24, 2.45) is 10.2 Å². The second-order valence-electron chi connectivity index (χ2n) is 4.78. The molecule has 9 heteroatoms. The summed E-state index contributed by atoms with van der Waals surface area (Å²) < 4.78 is 10.0. The van der Waals surface area contributed by atoms with Crippen molar-refractivity contribution in [3.05, 3.63) is 59.7 Å². The van der Waals surface area contributed by atoms with Gasteiger partial charge in [0.25, 0.3) is 6.26 Å². The number of hydrogen-bond acceptors (Lipinski definition) is 7. The maximum atomic E-state index is 11.7. The third-order valence-corrected chi connectivity index (χ3v) is 3.03. The topological polar surface area (TPSA) is 132 Å². The minimum Gasteiger partial charge on any atom is -0.478 e. The van der Waals surface area contributed by atoms with Crippen molar-refractivity contribution < 1.29 is 14.3 Å². The fourth-order valence-electron chi connectivity index (χ4n) is 1.90. The predicted octanol–water partition coefficient (Wildman–Crippen LogP) is 2.12. The maximum absolute atomic E-state index is 11.7. The average molecular weight is 362 g/mol. The van der Waals surface area contributed by atoms with Gasteiger partial charge in [-0.15, -0.1) is 5.26 Å². The van der Waals surface area contributed by atoms with E-state index in [1.807, 2.05) is 6.07 Å². The van der Waals surface area contributed by atoms with Crippen LogP contribution in [-0.2, 0) is 0 Å². The molecule has 0 heterocycles. The number of hydrogen-bond donors (Lipinski definition) is 2. The molecular weight excluding hydrogens is 348 g/mol. The number of rotatable bonds is 7. The second kappa shape index (κ2) is 10.5. The van der Waals surface area contributed by atoms with Crippen molar-refractivity contribution in [1.29, 1.82) is 10.5 Å². The molecule has 0 radical (unpaired) electrons. The van der Waals surface area contributed by atoms with Crippen LogP contribution in [0.5, 0.6) is 11.5 Å². The monoisotopic (exact) mass is 362 g/mol. The number of nitriles is 2. The van der Waals surface area contributed by atoms with Gasteiger partial charge in [-0.1, -0.05) is 24.3 Å². The van der Waals surface area contributed by atoms with E-state index in [2.05, 4.69) is 21.1 Å². The molecule has 0 saturated heterocycles. The average Bonchev–Trinajstić information content (AvgIpc) is 2.69. The molecule has 2 aromatic rings. The Balaban J connectivity index is 1.89. The van der Waals surface area contributed by atoms with Crippen LogP contribution in [0.4, 0.5) is 4.79 Å². The summed E-state index contributed by atoms with van der Waals surface area (Å²) in [5, 5.41) is 24.7. The van der Waals surface area contributed by atoms with Crippen molar-refractivity contribution in [3.63, 3.8) is 0 Å². The molecule has 2 N–H and O–H groups in total. The summed E-state index contributed by atoms with van der Waals surface area (Å²) in [4.78, 5) is 11.7. The minimum absolute atomic E-state index is 0.0928. The van der Waals surface area contributed by atoms with Crippen LogP contribution in [0.3, 0.4) is 0 Å². The van der Waals surface area contributed by atoms with Crippen LogP contribution in [0.25, 0.3) is 0 Å². The summed E-state index contributed by atoms with van der Waals surface area (Å²) >= 11 is 0.